The van der Waals surface area contributed by atoms with Crippen LogP contribution in [0.25, 0.3) is 0 Å². The van der Waals surface area contributed by atoms with Gasteiger partial charge in [0.25, 0.3) is 0 Å². The van der Waals surface area contributed by atoms with Crippen molar-refractivity contribution >= 4 is 0 Å². The lowest BCUT2D eigenvalue weighted by molar-refractivity contribution is -0.104. The molecule has 110 valence electrons. The third kappa shape index (κ3) is 3.57. The lowest BCUT2D eigenvalue weighted by Crippen LogP contribution is -2.57. The first kappa shape index (κ1) is 15.0. The van der Waals surface area contributed by atoms with Crippen LogP contribution in [0, 0.1) is 0 Å². The van der Waals surface area contributed by atoms with E-state index in [4.69, 9.17) is 15.3 Å². The fourth-order valence-electron chi connectivity index (χ4n) is 3.40. The second-order valence-electron chi connectivity index (χ2n) is 5.71. The molecule has 0 amide bonds. The van der Waals surface area contributed by atoms with Gasteiger partial charge in [0.05, 0.1) is 11.6 Å². The van der Waals surface area contributed by atoms with Gasteiger partial charge in [-0.25, -0.2) is 0 Å². The molecule has 19 heavy (non-hydrogen) atoms. The van der Waals surface area contributed by atoms with Crippen LogP contribution in [-0.2, 0) is 9.47 Å². The molecule has 1 saturated heterocycles. The van der Waals surface area contributed by atoms with Crippen LogP contribution < -0.4 is 11.3 Å². The van der Waals surface area contributed by atoms with Crippen molar-refractivity contribution in [1.29, 1.82) is 0 Å². The number of hydrazine groups is 1. The summed E-state index contributed by atoms with van der Waals surface area (Å²) in [6, 6.07) is 0.125. The lowest BCUT2D eigenvalue weighted by atomic mass is 9.79. The molecule has 4 heteroatoms. The van der Waals surface area contributed by atoms with Crippen molar-refractivity contribution in [2.45, 2.75) is 63.0 Å². The summed E-state index contributed by atoms with van der Waals surface area (Å²) in [5, 5.41) is 0. The molecule has 3 N–H and O–H groups in total. The zero-order valence-electron chi connectivity index (χ0n) is 12.1. The molecule has 1 fully saturated rings. The van der Waals surface area contributed by atoms with Crippen LogP contribution in [0.4, 0.5) is 0 Å². The largest absolute Gasteiger partial charge is 0.381 e. The Labute approximate surface area is 116 Å². The van der Waals surface area contributed by atoms with Crippen molar-refractivity contribution in [2.24, 2.45) is 5.84 Å². The van der Waals surface area contributed by atoms with E-state index in [1.165, 1.54) is 37.7 Å². The minimum atomic E-state index is -0.196. The van der Waals surface area contributed by atoms with Crippen LogP contribution in [0.15, 0.2) is 11.6 Å². The molecule has 0 radical (unpaired) electrons. The number of methoxy groups -OCH3 is 1. The maximum atomic E-state index is 5.89. The Morgan fingerprint density at radius 2 is 2.00 bits per heavy atom. The molecule has 0 aromatic heterocycles. The quantitative estimate of drug-likeness (QED) is 0.466. The first-order chi connectivity index (χ1) is 9.32. The average molecular weight is 268 g/mol. The van der Waals surface area contributed by atoms with E-state index in [0.29, 0.717) is 0 Å². The van der Waals surface area contributed by atoms with E-state index in [-0.39, 0.29) is 11.6 Å². The fourth-order valence-corrected chi connectivity index (χ4v) is 3.40. The summed E-state index contributed by atoms with van der Waals surface area (Å²) < 4.78 is 11.4. The first-order valence-electron chi connectivity index (χ1n) is 7.60. The lowest BCUT2D eigenvalue weighted by Gasteiger charge is -2.43. The second-order valence-corrected chi connectivity index (χ2v) is 5.71. The third-order valence-corrected chi connectivity index (χ3v) is 4.64. The normalized spacial score (nSPS) is 26.1. The predicted octanol–water partition coefficient (Wildman–Crippen LogP) is 2.29. The summed E-state index contributed by atoms with van der Waals surface area (Å²) in [4.78, 5) is 0. The summed E-state index contributed by atoms with van der Waals surface area (Å²) in [7, 11) is 1.80. The highest BCUT2D eigenvalue weighted by molar-refractivity contribution is 5.18. The van der Waals surface area contributed by atoms with Gasteiger partial charge in [-0.3, -0.25) is 11.3 Å². The molecule has 1 heterocycles. The number of allylic oxidation sites excluding steroid dienone is 1. The predicted molar refractivity (Wildman–Crippen MR) is 76.7 cm³/mol. The fraction of sp³-hybridized carbons (Fsp3) is 0.867. The Balaban J connectivity index is 2.15. The van der Waals surface area contributed by atoms with Gasteiger partial charge in [-0.1, -0.05) is 24.5 Å². The molecule has 0 bridgehead atoms. The molecule has 2 aliphatic rings. The van der Waals surface area contributed by atoms with Gasteiger partial charge in [0.15, 0.2) is 0 Å². The number of nitrogens with two attached hydrogens (primary N) is 1. The van der Waals surface area contributed by atoms with Crippen LogP contribution in [0.3, 0.4) is 0 Å². The van der Waals surface area contributed by atoms with Crippen molar-refractivity contribution in [3.63, 3.8) is 0 Å². The van der Waals surface area contributed by atoms with Gasteiger partial charge < -0.3 is 9.47 Å². The van der Waals surface area contributed by atoms with Crippen LogP contribution in [0.1, 0.15) is 51.4 Å². The smallest absolute Gasteiger partial charge is 0.0925 e. The van der Waals surface area contributed by atoms with Crippen LogP contribution in [0.5, 0.6) is 0 Å². The van der Waals surface area contributed by atoms with Crippen molar-refractivity contribution in [3.05, 3.63) is 11.6 Å². The van der Waals surface area contributed by atoms with Gasteiger partial charge in [-0.15, -0.1) is 0 Å². The Morgan fingerprint density at radius 1 is 1.26 bits per heavy atom. The molecule has 0 aromatic carbocycles. The minimum absolute atomic E-state index is 0.125. The number of hydrogen-bond acceptors (Lipinski definition) is 4. The molecule has 1 unspecified atom stereocenters. The number of ether oxygens (including phenoxy) is 2. The van der Waals surface area contributed by atoms with E-state index >= 15 is 0 Å². The Bertz CT molecular complexity index is 299. The van der Waals surface area contributed by atoms with Crippen molar-refractivity contribution in [1.82, 2.24) is 5.43 Å². The summed E-state index contributed by atoms with van der Waals surface area (Å²) in [5.74, 6) is 5.87. The zero-order chi connectivity index (χ0) is 13.6. The van der Waals surface area contributed by atoms with E-state index in [1.807, 2.05) is 0 Å². The third-order valence-electron chi connectivity index (χ3n) is 4.64. The van der Waals surface area contributed by atoms with Crippen molar-refractivity contribution < 1.29 is 9.47 Å². The van der Waals surface area contributed by atoms with Gasteiger partial charge >= 0.3 is 0 Å². The highest BCUT2D eigenvalue weighted by Gasteiger charge is 2.41. The van der Waals surface area contributed by atoms with E-state index < -0.39 is 0 Å². The monoisotopic (exact) mass is 268 g/mol. The Kier molecular flexibility index (Phi) is 5.82. The summed E-state index contributed by atoms with van der Waals surface area (Å²) in [6.07, 6.45) is 11.8. The molecule has 1 aliphatic heterocycles. The topological polar surface area (TPSA) is 56.5 Å². The van der Waals surface area contributed by atoms with Gasteiger partial charge in [-0.05, 0) is 25.7 Å². The molecule has 0 aromatic rings. The number of nitrogens with one attached hydrogen (secondary N) is 1. The van der Waals surface area contributed by atoms with Crippen LogP contribution >= 0.6 is 0 Å². The van der Waals surface area contributed by atoms with E-state index in [9.17, 15) is 0 Å². The Hall–Kier alpha value is -0.420. The van der Waals surface area contributed by atoms with E-state index in [2.05, 4.69) is 11.5 Å². The van der Waals surface area contributed by atoms with Crippen molar-refractivity contribution in [2.75, 3.05) is 20.3 Å². The van der Waals surface area contributed by atoms with E-state index in [1.54, 1.807) is 7.11 Å². The van der Waals surface area contributed by atoms with Gasteiger partial charge in [0.1, 0.15) is 0 Å². The van der Waals surface area contributed by atoms with Gasteiger partial charge in [0, 0.05) is 33.2 Å². The molecular formula is C15H28N2O2. The van der Waals surface area contributed by atoms with Gasteiger partial charge in [0.2, 0.25) is 0 Å². The second kappa shape index (κ2) is 7.39. The number of hydrogen-bond donors (Lipinski definition) is 2. The standard InChI is InChI=1S/C15H28N2O2/c1-18-15(9-11-19-12-10-15)14(17-16)13-7-5-3-2-4-6-8-13/h7,14,17H,2-6,8-12,16H2,1H3. The SMILES string of the molecule is COC1(C(NN)C2=CCCCCCC2)CCOCC1. The Morgan fingerprint density at radius 3 is 2.68 bits per heavy atom. The molecule has 2 rings (SSSR count). The van der Waals surface area contributed by atoms with Crippen LogP contribution in [0.2, 0.25) is 0 Å². The van der Waals surface area contributed by atoms with Crippen molar-refractivity contribution in [3.8, 4) is 0 Å². The minimum Gasteiger partial charge on any atom is -0.381 e. The first-order valence-corrected chi connectivity index (χ1v) is 7.60. The highest BCUT2D eigenvalue weighted by atomic mass is 16.5. The average Bonchev–Trinajstić information content (AvgIpc) is 2.42. The molecular weight excluding hydrogens is 240 g/mol. The number of rotatable bonds is 4. The van der Waals surface area contributed by atoms with Gasteiger partial charge in [-0.2, -0.15) is 0 Å². The molecule has 1 aliphatic carbocycles. The molecule has 1 atom stereocenters. The molecule has 0 spiro atoms. The maximum Gasteiger partial charge on any atom is 0.0925 e. The summed E-state index contributed by atoms with van der Waals surface area (Å²) in [5.41, 5.74) is 4.27. The van der Waals surface area contributed by atoms with Crippen LogP contribution in [-0.4, -0.2) is 32.0 Å². The summed E-state index contributed by atoms with van der Waals surface area (Å²) in [6.45, 7) is 1.53. The zero-order valence-corrected chi connectivity index (χ0v) is 12.1. The van der Waals surface area contributed by atoms with E-state index in [0.717, 1.165) is 32.5 Å². The molecule has 4 nitrogen and oxygen atoms in total. The molecule has 0 saturated carbocycles. The highest BCUT2D eigenvalue weighted by Crippen LogP contribution is 2.34. The summed E-state index contributed by atoms with van der Waals surface area (Å²) >= 11 is 0. The maximum absolute atomic E-state index is 5.89.